The van der Waals surface area contributed by atoms with Crippen molar-refractivity contribution in [1.29, 1.82) is 0 Å². The maximum Gasteiger partial charge on any atom is 0.0383 e. The Labute approximate surface area is 102 Å². The Morgan fingerprint density at radius 3 is 2.31 bits per heavy atom. The van der Waals surface area contributed by atoms with E-state index in [0.29, 0.717) is 18.1 Å². The van der Waals surface area contributed by atoms with Crippen LogP contribution in [0.5, 0.6) is 0 Å². The highest BCUT2D eigenvalue weighted by molar-refractivity contribution is 7.84. The Bertz CT molecular complexity index is 225. The monoisotopic (exact) mass is 246 g/mol. The largest absolute Gasteiger partial charge is 0.310 e. The second kappa shape index (κ2) is 6.72. The molecule has 1 aliphatic heterocycles. The fourth-order valence-electron chi connectivity index (χ4n) is 2.39. The van der Waals surface area contributed by atoms with Crippen LogP contribution in [0.4, 0.5) is 0 Å². The van der Waals surface area contributed by atoms with Crippen molar-refractivity contribution in [3.63, 3.8) is 0 Å². The van der Waals surface area contributed by atoms with Crippen LogP contribution in [0, 0.1) is 0 Å². The quantitative estimate of drug-likeness (QED) is 0.791. The predicted octanol–water partition coefficient (Wildman–Crippen LogP) is 1.22. The second-order valence-corrected chi connectivity index (χ2v) is 6.69. The van der Waals surface area contributed by atoms with E-state index in [4.69, 9.17) is 0 Å². The number of piperidine rings is 1. The molecule has 96 valence electrons. The molecule has 1 fully saturated rings. The Morgan fingerprint density at radius 1 is 1.31 bits per heavy atom. The summed E-state index contributed by atoms with van der Waals surface area (Å²) in [4.78, 5) is 2.53. The number of hydrogen-bond donors (Lipinski definition) is 1. The summed E-state index contributed by atoms with van der Waals surface area (Å²) >= 11 is 0. The van der Waals surface area contributed by atoms with Crippen LogP contribution in [0.15, 0.2) is 0 Å². The summed E-state index contributed by atoms with van der Waals surface area (Å²) in [5.74, 6) is 0.768. The number of nitrogens with zero attached hydrogens (tertiary/aromatic N) is 1. The third-order valence-corrected chi connectivity index (χ3v) is 4.23. The van der Waals surface area contributed by atoms with Gasteiger partial charge in [0.15, 0.2) is 0 Å². The zero-order valence-electron chi connectivity index (χ0n) is 11.0. The van der Waals surface area contributed by atoms with Gasteiger partial charge in [-0.3, -0.25) is 4.21 Å². The molecule has 0 aromatic carbocycles. The SMILES string of the molecule is CC(CS(C)=O)NC1CCN(C(C)C)CC1. The summed E-state index contributed by atoms with van der Waals surface area (Å²) in [5.41, 5.74) is 0. The molecule has 2 atom stereocenters. The first kappa shape index (κ1) is 14.1. The van der Waals surface area contributed by atoms with E-state index in [2.05, 4.69) is 31.0 Å². The molecule has 2 unspecified atom stereocenters. The van der Waals surface area contributed by atoms with Crippen LogP contribution >= 0.6 is 0 Å². The molecule has 0 amide bonds. The van der Waals surface area contributed by atoms with Crippen LogP contribution < -0.4 is 5.32 Å². The summed E-state index contributed by atoms with van der Waals surface area (Å²) in [6, 6.07) is 1.66. The van der Waals surface area contributed by atoms with Crippen molar-refractivity contribution in [1.82, 2.24) is 10.2 Å². The molecule has 1 rings (SSSR count). The Balaban J connectivity index is 2.24. The molecule has 1 saturated heterocycles. The van der Waals surface area contributed by atoms with E-state index >= 15 is 0 Å². The first-order valence-electron chi connectivity index (χ1n) is 6.29. The Hall–Kier alpha value is 0.0700. The Morgan fingerprint density at radius 2 is 1.88 bits per heavy atom. The fraction of sp³-hybridized carbons (Fsp3) is 1.00. The van der Waals surface area contributed by atoms with Gasteiger partial charge in [-0.2, -0.15) is 0 Å². The number of nitrogens with one attached hydrogen (secondary N) is 1. The number of hydrogen-bond acceptors (Lipinski definition) is 3. The maximum atomic E-state index is 11.1. The second-order valence-electron chi connectivity index (χ2n) is 5.21. The van der Waals surface area contributed by atoms with Crippen molar-refractivity contribution >= 4 is 10.8 Å². The van der Waals surface area contributed by atoms with E-state index < -0.39 is 10.8 Å². The van der Waals surface area contributed by atoms with Gasteiger partial charge >= 0.3 is 0 Å². The topological polar surface area (TPSA) is 32.3 Å². The van der Waals surface area contributed by atoms with Crippen LogP contribution in [0.25, 0.3) is 0 Å². The van der Waals surface area contributed by atoms with Gasteiger partial charge in [-0.05, 0) is 46.7 Å². The average molecular weight is 246 g/mol. The highest BCUT2D eigenvalue weighted by Gasteiger charge is 2.21. The van der Waals surface area contributed by atoms with Crippen molar-refractivity contribution in [3.8, 4) is 0 Å². The normalized spacial score (nSPS) is 23.6. The lowest BCUT2D eigenvalue weighted by molar-refractivity contribution is 0.158. The lowest BCUT2D eigenvalue weighted by atomic mass is 10.0. The summed E-state index contributed by atoms with van der Waals surface area (Å²) in [7, 11) is -0.687. The first-order valence-corrected chi connectivity index (χ1v) is 8.02. The number of rotatable bonds is 5. The Kier molecular flexibility index (Phi) is 5.94. The van der Waals surface area contributed by atoms with E-state index in [0.717, 1.165) is 5.75 Å². The molecule has 0 bridgehead atoms. The van der Waals surface area contributed by atoms with Gasteiger partial charge in [-0.15, -0.1) is 0 Å². The minimum absolute atomic E-state index is 0.376. The third kappa shape index (κ3) is 4.93. The molecule has 0 aliphatic carbocycles. The van der Waals surface area contributed by atoms with Gasteiger partial charge in [0, 0.05) is 40.9 Å². The molecule has 1 heterocycles. The van der Waals surface area contributed by atoms with E-state index in [1.165, 1.54) is 25.9 Å². The van der Waals surface area contributed by atoms with Crippen molar-refractivity contribution < 1.29 is 4.21 Å². The van der Waals surface area contributed by atoms with Crippen LogP contribution in [-0.2, 0) is 10.8 Å². The van der Waals surface area contributed by atoms with Crippen LogP contribution in [0.2, 0.25) is 0 Å². The highest BCUT2D eigenvalue weighted by Crippen LogP contribution is 2.13. The summed E-state index contributed by atoms with van der Waals surface area (Å²) in [6.45, 7) is 9.04. The molecule has 1 aliphatic rings. The molecule has 3 nitrogen and oxygen atoms in total. The van der Waals surface area contributed by atoms with Crippen molar-refractivity contribution in [2.75, 3.05) is 25.1 Å². The zero-order valence-corrected chi connectivity index (χ0v) is 11.8. The summed E-state index contributed by atoms with van der Waals surface area (Å²) in [6.07, 6.45) is 4.22. The van der Waals surface area contributed by atoms with Crippen LogP contribution in [0.1, 0.15) is 33.6 Å². The fourth-order valence-corrected chi connectivity index (χ4v) is 3.19. The van der Waals surface area contributed by atoms with E-state index in [1.54, 1.807) is 6.26 Å². The van der Waals surface area contributed by atoms with Crippen LogP contribution in [-0.4, -0.2) is 52.3 Å². The maximum absolute atomic E-state index is 11.1. The predicted molar refractivity (Wildman–Crippen MR) is 71.3 cm³/mol. The van der Waals surface area contributed by atoms with Gasteiger partial charge in [0.25, 0.3) is 0 Å². The number of likely N-dealkylation sites (tertiary alicyclic amines) is 1. The third-order valence-electron chi connectivity index (χ3n) is 3.26. The first-order chi connectivity index (χ1) is 7.49. The van der Waals surface area contributed by atoms with Crippen molar-refractivity contribution in [3.05, 3.63) is 0 Å². The molecule has 0 aromatic heterocycles. The van der Waals surface area contributed by atoms with Gasteiger partial charge in [0.2, 0.25) is 0 Å². The smallest absolute Gasteiger partial charge is 0.0383 e. The lowest BCUT2D eigenvalue weighted by Crippen LogP contribution is -2.48. The molecule has 1 N–H and O–H groups in total. The molecule has 0 radical (unpaired) electrons. The van der Waals surface area contributed by atoms with Gasteiger partial charge < -0.3 is 10.2 Å². The van der Waals surface area contributed by atoms with Gasteiger partial charge in [0.05, 0.1) is 0 Å². The average Bonchev–Trinajstić information content (AvgIpc) is 2.16. The van der Waals surface area contributed by atoms with Gasteiger partial charge in [-0.25, -0.2) is 0 Å². The van der Waals surface area contributed by atoms with E-state index in [1.807, 2.05) is 0 Å². The molecule has 16 heavy (non-hydrogen) atoms. The minimum Gasteiger partial charge on any atom is -0.310 e. The molecule has 4 heteroatoms. The molecule has 0 aromatic rings. The van der Waals surface area contributed by atoms with Crippen LogP contribution in [0.3, 0.4) is 0 Å². The zero-order chi connectivity index (χ0) is 12.1. The minimum atomic E-state index is -0.687. The van der Waals surface area contributed by atoms with Gasteiger partial charge in [-0.1, -0.05) is 0 Å². The summed E-state index contributed by atoms with van der Waals surface area (Å²) < 4.78 is 11.1. The summed E-state index contributed by atoms with van der Waals surface area (Å²) in [5, 5.41) is 3.59. The molecular weight excluding hydrogens is 220 g/mol. The van der Waals surface area contributed by atoms with Crippen molar-refractivity contribution in [2.24, 2.45) is 0 Å². The molecular formula is C12H26N2OS. The molecule has 0 spiro atoms. The van der Waals surface area contributed by atoms with E-state index in [-0.39, 0.29) is 0 Å². The highest BCUT2D eigenvalue weighted by atomic mass is 32.2. The van der Waals surface area contributed by atoms with E-state index in [9.17, 15) is 4.21 Å². The molecule has 0 saturated carbocycles. The van der Waals surface area contributed by atoms with Gasteiger partial charge in [0.1, 0.15) is 0 Å². The van der Waals surface area contributed by atoms with Crippen molar-refractivity contribution in [2.45, 2.75) is 51.7 Å². The standard InChI is InChI=1S/C12H26N2OS/c1-10(2)14-7-5-12(6-8-14)13-11(3)9-16(4)15/h10-13H,5-9H2,1-4H3. The lowest BCUT2D eigenvalue weighted by Gasteiger charge is -2.36.